The van der Waals surface area contributed by atoms with Crippen LogP contribution in [0.1, 0.15) is 63.0 Å². The number of rotatable bonds is 3. The third-order valence-corrected chi connectivity index (χ3v) is 7.86. The summed E-state index contributed by atoms with van der Waals surface area (Å²) in [7, 11) is 0. The van der Waals surface area contributed by atoms with Crippen molar-refractivity contribution < 1.29 is 19.1 Å². The molecule has 4 aliphatic rings. The normalized spacial score (nSPS) is 32.2. The number of nitrogens with one attached hydrogen (secondary N) is 1. The molecular formula is C23H30FN3O3. The summed E-state index contributed by atoms with van der Waals surface area (Å²) in [6, 6.07) is 3.95. The summed E-state index contributed by atoms with van der Waals surface area (Å²) >= 11 is 0. The number of fused-ring (bicyclic) bond motifs is 3. The molecule has 2 heterocycles. The van der Waals surface area contributed by atoms with Gasteiger partial charge in [-0.15, -0.1) is 0 Å². The van der Waals surface area contributed by atoms with E-state index in [0.717, 1.165) is 37.8 Å². The minimum Gasteiger partial charge on any atom is -0.465 e. The summed E-state index contributed by atoms with van der Waals surface area (Å²) in [5.74, 6) is 0.913. The smallest absolute Gasteiger partial charge is 0.405 e. The van der Waals surface area contributed by atoms with Crippen LogP contribution in [0.3, 0.4) is 0 Å². The zero-order chi connectivity index (χ0) is 20.8. The van der Waals surface area contributed by atoms with Crippen LogP contribution < -0.4 is 10.2 Å². The first-order chi connectivity index (χ1) is 14.5. The van der Waals surface area contributed by atoms with Crippen LogP contribution in [0.2, 0.25) is 0 Å². The Labute approximate surface area is 176 Å². The Bertz CT molecular complexity index is 817. The molecule has 1 unspecified atom stereocenters. The summed E-state index contributed by atoms with van der Waals surface area (Å²) in [5.41, 5.74) is 1.07. The Balaban J connectivity index is 1.32. The number of carboxylic acid groups (broad SMARTS) is 1. The molecule has 5 rings (SSSR count). The maximum absolute atomic E-state index is 13.8. The van der Waals surface area contributed by atoms with E-state index in [4.69, 9.17) is 5.11 Å². The van der Waals surface area contributed by atoms with Crippen LogP contribution in [0, 0.1) is 17.7 Å². The number of hydrogen-bond acceptors (Lipinski definition) is 3. The van der Waals surface area contributed by atoms with Crippen LogP contribution in [0.4, 0.5) is 14.9 Å². The molecule has 2 aliphatic carbocycles. The van der Waals surface area contributed by atoms with Gasteiger partial charge >= 0.3 is 6.09 Å². The molecule has 2 saturated carbocycles. The monoisotopic (exact) mass is 415 g/mol. The maximum atomic E-state index is 13.8. The average molecular weight is 416 g/mol. The van der Waals surface area contributed by atoms with E-state index in [1.165, 1.54) is 50.7 Å². The van der Waals surface area contributed by atoms with Gasteiger partial charge in [-0.1, -0.05) is 12.8 Å². The second-order valence-corrected chi connectivity index (χ2v) is 9.43. The highest BCUT2D eigenvalue weighted by Crippen LogP contribution is 2.44. The van der Waals surface area contributed by atoms with Gasteiger partial charge in [0, 0.05) is 30.7 Å². The van der Waals surface area contributed by atoms with Crippen LogP contribution in [0.15, 0.2) is 18.2 Å². The number of carbonyl (C=O) groups is 2. The summed E-state index contributed by atoms with van der Waals surface area (Å²) in [5, 5.41) is 11.4. The molecule has 7 heteroatoms. The highest BCUT2D eigenvalue weighted by Gasteiger charge is 2.45. The molecule has 6 nitrogen and oxygen atoms in total. The lowest BCUT2D eigenvalue weighted by Crippen LogP contribution is -2.55. The molecule has 2 N–H and O–H groups in total. The molecule has 0 radical (unpaired) electrons. The number of likely N-dealkylation sites (tertiary alicyclic amines) is 1. The van der Waals surface area contributed by atoms with E-state index in [9.17, 15) is 14.0 Å². The summed E-state index contributed by atoms with van der Waals surface area (Å²) < 4.78 is 13.8. The van der Waals surface area contributed by atoms with Crippen molar-refractivity contribution in [1.29, 1.82) is 0 Å². The number of hydrogen-bond donors (Lipinski definition) is 2. The largest absolute Gasteiger partial charge is 0.465 e. The molecule has 1 aromatic carbocycles. The van der Waals surface area contributed by atoms with Crippen molar-refractivity contribution in [3.63, 3.8) is 0 Å². The standard InChI is InChI=1S/C23H30FN3O3/c24-16-7-8-19-18(13-16)20(25-23(29)30)22(28)27(19)17-9-11-26(12-10-17)21-14-3-1-4-15(21)6-2-5-14/h7-8,13-15,17,20-21,25H,1-6,9-12H2,(H,29,30). The number of piperidine rings is 1. The molecule has 0 spiro atoms. The molecule has 162 valence electrons. The molecule has 1 atom stereocenters. The first-order valence-electron chi connectivity index (χ1n) is 11.4. The number of halogens is 1. The predicted molar refractivity (Wildman–Crippen MR) is 111 cm³/mol. The number of carbonyl (C=O) groups excluding carboxylic acids is 1. The fourth-order valence-electron chi connectivity index (χ4n) is 6.69. The number of amides is 2. The fourth-order valence-corrected chi connectivity index (χ4v) is 6.69. The number of benzene rings is 1. The van der Waals surface area contributed by atoms with Crippen LogP contribution >= 0.6 is 0 Å². The minimum absolute atomic E-state index is 0.0296. The molecule has 30 heavy (non-hydrogen) atoms. The van der Waals surface area contributed by atoms with Gasteiger partial charge in [0.2, 0.25) is 0 Å². The molecule has 2 aliphatic heterocycles. The Kier molecular flexibility index (Phi) is 5.17. The van der Waals surface area contributed by atoms with Crippen molar-refractivity contribution in [3.05, 3.63) is 29.6 Å². The van der Waals surface area contributed by atoms with Gasteiger partial charge in [-0.3, -0.25) is 9.69 Å². The lowest BCUT2D eigenvalue weighted by atomic mass is 9.67. The third kappa shape index (κ3) is 3.37. The van der Waals surface area contributed by atoms with E-state index in [1.807, 2.05) is 0 Å². The molecule has 1 aromatic rings. The van der Waals surface area contributed by atoms with Gasteiger partial charge in [-0.2, -0.15) is 0 Å². The van der Waals surface area contributed by atoms with Crippen molar-refractivity contribution >= 4 is 17.7 Å². The summed E-state index contributed by atoms with van der Waals surface area (Å²) in [6.07, 6.45) is 8.63. The van der Waals surface area contributed by atoms with Gasteiger partial charge in [0.25, 0.3) is 5.91 Å². The molecular weight excluding hydrogens is 385 g/mol. The van der Waals surface area contributed by atoms with E-state index in [2.05, 4.69) is 10.2 Å². The van der Waals surface area contributed by atoms with E-state index in [0.29, 0.717) is 17.3 Å². The first kappa shape index (κ1) is 19.8. The van der Waals surface area contributed by atoms with E-state index in [-0.39, 0.29) is 11.9 Å². The lowest BCUT2D eigenvalue weighted by molar-refractivity contribution is -0.120. The highest BCUT2D eigenvalue weighted by molar-refractivity contribution is 6.06. The van der Waals surface area contributed by atoms with Crippen molar-refractivity contribution in [1.82, 2.24) is 10.2 Å². The highest BCUT2D eigenvalue weighted by atomic mass is 19.1. The predicted octanol–water partition coefficient (Wildman–Crippen LogP) is 3.91. The van der Waals surface area contributed by atoms with Crippen molar-refractivity contribution in [2.24, 2.45) is 11.8 Å². The van der Waals surface area contributed by atoms with Gasteiger partial charge in [-0.25, -0.2) is 9.18 Å². The van der Waals surface area contributed by atoms with Gasteiger partial charge in [0.1, 0.15) is 11.9 Å². The van der Waals surface area contributed by atoms with Gasteiger partial charge in [-0.05, 0) is 68.6 Å². The zero-order valence-electron chi connectivity index (χ0n) is 17.2. The van der Waals surface area contributed by atoms with Crippen molar-refractivity contribution in [2.75, 3.05) is 18.0 Å². The average Bonchev–Trinajstić information content (AvgIpc) is 2.98. The number of anilines is 1. The van der Waals surface area contributed by atoms with Crippen LogP contribution in [-0.4, -0.2) is 47.2 Å². The van der Waals surface area contributed by atoms with Crippen LogP contribution in [0.25, 0.3) is 0 Å². The Morgan fingerprint density at radius 2 is 1.67 bits per heavy atom. The molecule has 2 amide bonds. The quantitative estimate of drug-likeness (QED) is 0.785. The Morgan fingerprint density at radius 3 is 2.27 bits per heavy atom. The lowest BCUT2D eigenvalue weighted by Gasteiger charge is -2.50. The van der Waals surface area contributed by atoms with E-state index >= 15 is 0 Å². The second kappa shape index (κ2) is 7.84. The second-order valence-electron chi connectivity index (χ2n) is 9.43. The Morgan fingerprint density at radius 1 is 1.03 bits per heavy atom. The van der Waals surface area contributed by atoms with Gasteiger partial charge < -0.3 is 15.3 Å². The topological polar surface area (TPSA) is 72.9 Å². The SMILES string of the molecule is O=C(O)NC1C(=O)N(C2CCN(C3C4CCCC3CCC4)CC2)c2ccc(F)cc21. The fraction of sp³-hybridized carbons (Fsp3) is 0.652. The summed E-state index contributed by atoms with van der Waals surface area (Å²) in [6.45, 7) is 1.94. The minimum atomic E-state index is -1.27. The van der Waals surface area contributed by atoms with Crippen molar-refractivity contribution in [3.8, 4) is 0 Å². The third-order valence-electron chi connectivity index (χ3n) is 7.86. The Hall–Kier alpha value is -2.15. The first-order valence-corrected chi connectivity index (χ1v) is 11.4. The number of nitrogens with zero attached hydrogens (tertiary/aromatic N) is 2. The molecule has 2 bridgehead atoms. The van der Waals surface area contributed by atoms with E-state index in [1.54, 1.807) is 11.0 Å². The molecule has 3 fully saturated rings. The van der Waals surface area contributed by atoms with Crippen molar-refractivity contribution in [2.45, 2.75) is 69.5 Å². The van der Waals surface area contributed by atoms with Gasteiger partial charge in [0.05, 0.1) is 5.69 Å². The van der Waals surface area contributed by atoms with E-state index < -0.39 is 18.0 Å². The van der Waals surface area contributed by atoms with Crippen LogP contribution in [0.5, 0.6) is 0 Å². The summed E-state index contributed by atoms with van der Waals surface area (Å²) in [4.78, 5) is 28.7. The molecule has 0 aromatic heterocycles. The van der Waals surface area contributed by atoms with Gasteiger partial charge in [0.15, 0.2) is 0 Å². The molecule has 1 saturated heterocycles. The van der Waals surface area contributed by atoms with Crippen LogP contribution in [-0.2, 0) is 4.79 Å². The maximum Gasteiger partial charge on any atom is 0.405 e. The zero-order valence-corrected chi connectivity index (χ0v) is 17.2.